The van der Waals surface area contributed by atoms with Gasteiger partial charge in [-0.05, 0) is 50.1 Å². The number of carbonyl (C=O) groups is 1. The first-order valence-corrected chi connectivity index (χ1v) is 6.86. The van der Waals surface area contributed by atoms with E-state index in [0.717, 1.165) is 42.7 Å². The lowest BCUT2D eigenvalue weighted by Gasteiger charge is -2.24. The van der Waals surface area contributed by atoms with E-state index in [1.807, 2.05) is 13.0 Å². The van der Waals surface area contributed by atoms with Gasteiger partial charge in [0, 0.05) is 23.8 Å². The van der Waals surface area contributed by atoms with Crippen LogP contribution in [0, 0.1) is 6.92 Å². The summed E-state index contributed by atoms with van der Waals surface area (Å²) in [5, 5.41) is 3.35. The number of piperidine rings is 1. The summed E-state index contributed by atoms with van der Waals surface area (Å²) < 4.78 is 0. The Kier molecular flexibility index (Phi) is 4.61. The van der Waals surface area contributed by atoms with Crippen molar-refractivity contribution >= 4 is 29.8 Å². The third-order valence-electron chi connectivity index (χ3n) is 3.62. The first kappa shape index (κ1) is 14.1. The van der Waals surface area contributed by atoms with Gasteiger partial charge in [0.2, 0.25) is 6.41 Å². The predicted molar refractivity (Wildman–Crippen MR) is 80.6 cm³/mol. The molecule has 1 heterocycles. The molecule has 1 aliphatic rings. The third kappa shape index (κ3) is 3.58. The van der Waals surface area contributed by atoms with Gasteiger partial charge in [-0.3, -0.25) is 4.79 Å². The monoisotopic (exact) mass is 278 g/mol. The van der Waals surface area contributed by atoms with Crippen molar-refractivity contribution in [2.24, 2.45) is 0 Å². The molecule has 4 heteroatoms. The fourth-order valence-corrected chi connectivity index (χ4v) is 2.56. The van der Waals surface area contributed by atoms with E-state index in [1.165, 1.54) is 5.57 Å². The van der Waals surface area contributed by atoms with Crippen molar-refractivity contribution in [1.29, 1.82) is 0 Å². The van der Waals surface area contributed by atoms with Crippen LogP contribution in [0.2, 0.25) is 5.02 Å². The standard InChI is InChI=1S/C15H19ClN2O/c1-11-13(7-12-3-5-18(2)6-4-12)8-14(16)9-15(11)17-10-19/h7-10H,3-6H2,1-2H3,(H,17,19). The average molecular weight is 279 g/mol. The van der Waals surface area contributed by atoms with E-state index >= 15 is 0 Å². The number of nitrogens with zero attached hydrogens (tertiary/aromatic N) is 1. The van der Waals surface area contributed by atoms with Gasteiger partial charge in [-0.25, -0.2) is 0 Å². The Labute approximate surface area is 119 Å². The molecule has 0 bridgehead atoms. The zero-order valence-electron chi connectivity index (χ0n) is 11.4. The van der Waals surface area contributed by atoms with Gasteiger partial charge in [-0.2, -0.15) is 0 Å². The molecule has 2 rings (SSSR count). The molecule has 3 nitrogen and oxygen atoms in total. The summed E-state index contributed by atoms with van der Waals surface area (Å²) in [6, 6.07) is 3.74. The van der Waals surface area contributed by atoms with Crippen LogP contribution < -0.4 is 5.32 Å². The summed E-state index contributed by atoms with van der Waals surface area (Å²) in [6.45, 7) is 4.21. The highest BCUT2D eigenvalue weighted by Gasteiger charge is 2.11. The van der Waals surface area contributed by atoms with Crippen LogP contribution in [0.4, 0.5) is 5.69 Å². The third-order valence-corrected chi connectivity index (χ3v) is 3.83. The lowest BCUT2D eigenvalue weighted by atomic mass is 9.98. The maximum atomic E-state index is 10.6. The van der Waals surface area contributed by atoms with Crippen LogP contribution in [0.25, 0.3) is 6.08 Å². The number of halogens is 1. The number of carbonyl (C=O) groups excluding carboxylic acids is 1. The van der Waals surface area contributed by atoms with Gasteiger partial charge in [-0.1, -0.05) is 23.3 Å². The topological polar surface area (TPSA) is 32.3 Å². The Morgan fingerprint density at radius 1 is 1.32 bits per heavy atom. The van der Waals surface area contributed by atoms with Crippen LogP contribution >= 0.6 is 11.6 Å². The molecular weight excluding hydrogens is 260 g/mol. The van der Waals surface area contributed by atoms with Crippen LogP contribution in [-0.4, -0.2) is 31.4 Å². The van der Waals surface area contributed by atoms with Crippen molar-refractivity contribution in [3.05, 3.63) is 33.9 Å². The number of benzene rings is 1. The summed E-state index contributed by atoms with van der Waals surface area (Å²) in [4.78, 5) is 12.9. The lowest BCUT2D eigenvalue weighted by Crippen LogP contribution is -2.26. The van der Waals surface area contributed by atoms with Gasteiger partial charge in [0.1, 0.15) is 0 Å². The number of nitrogens with one attached hydrogen (secondary N) is 1. The fourth-order valence-electron chi connectivity index (χ4n) is 2.33. The van der Waals surface area contributed by atoms with Crippen molar-refractivity contribution in [3.8, 4) is 0 Å². The number of anilines is 1. The molecular formula is C15H19ClN2O. The quantitative estimate of drug-likeness (QED) is 0.860. The van der Waals surface area contributed by atoms with Crippen molar-refractivity contribution < 1.29 is 4.79 Å². The van der Waals surface area contributed by atoms with Gasteiger partial charge in [0.25, 0.3) is 0 Å². The number of rotatable bonds is 3. The molecule has 0 radical (unpaired) electrons. The Morgan fingerprint density at radius 3 is 2.63 bits per heavy atom. The molecule has 0 spiro atoms. The minimum absolute atomic E-state index is 0.648. The maximum absolute atomic E-state index is 10.6. The molecule has 1 fully saturated rings. The maximum Gasteiger partial charge on any atom is 0.211 e. The molecule has 0 unspecified atom stereocenters. The number of hydrogen-bond acceptors (Lipinski definition) is 2. The van der Waals surface area contributed by atoms with E-state index < -0.39 is 0 Å². The lowest BCUT2D eigenvalue weighted by molar-refractivity contribution is -0.105. The summed E-state index contributed by atoms with van der Waals surface area (Å²) in [7, 11) is 2.15. The zero-order chi connectivity index (χ0) is 13.8. The van der Waals surface area contributed by atoms with Crippen molar-refractivity contribution in [3.63, 3.8) is 0 Å². The molecule has 0 aliphatic carbocycles. The van der Waals surface area contributed by atoms with Gasteiger partial charge in [0.15, 0.2) is 0 Å². The zero-order valence-corrected chi connectivity index (χ0v) is 12.1. The van der Waals surface area contributed by atoms with E-state index in [-0.39, 0.29) is 0 Å². The largest absolute Gasteiger partial charge is 0.328 e. The minimum Gasteiger partial charge on any atom is -0.328 e. The molecule has 1 N–H and O–H groups in total. The highest BCUT2D eigenvalue weighted by molar-refractivity contribution is 6.31. The smallest absolute Gasteiger partial charge is 0.211 e. The number of amides is 1. The second-order valence-electron chi connectivity index (χ2n) is 5.04. The summed E-state index contributed by atoms with van der Waals surface area (Å²) in [6.07, 6.45) is 5.09. The van der Waals surface area contributed by atoms with Crippen LogP contribution in [0.15, 0.2) is 17.7 Å². The molecule has 1 aromatic carbocycles. The molecule has 19 heavy (non-hydrogen) atoms. The minimum atomic E-state index is 0.648. The highest BCUT2D eigenvalue weighted by Crippen LogP contribution is 2.28. The van der Waals surface area contributed by atoms with Gasteiger partial charge in [-0.15, -0.1) is 0 Å². The van der Waals surface area contributed by atoms with E-state index in [0.29, 0.717) is 11.4 Å². The second kappa shape index (κ2) is 6.22. The highest BCUT2D eigenvalue weighted by atomic mass is 35.5. The molecule has 1 aromatic rings. The predicted octanol–water partition coefficient (Wildman–Crippen LogP) is 3.33. The Balaban J connectivity index is 2.29. The fraction of sp³-hybridized carbons (Fsp3) is 0.400. The summed E-state index contributed by atoms with van der Waals surface area (Å²) in [5.41, 5.74) is 4.38. The molecule has 0 saturated carbocycles. The first-order valence-electron chi connectivity index (χ1n) is 6.48. The van der Waals surface area contributed by atoms with Gasteiger partial charge >= 0.3 is 0 Å². The van der Waals surface area contributed by atoms with Crippen LogP contribution in [0.5, 0.6) is 0 Å². The normalized spacial score (nSPS) is 16.3. The summed E-state index contributed by atoms with van der Waals surface area (Å²) in [5.74, 6) is 0. The second-order valence-corrected chi connectivity index (χ2v) is 5.47. The van der Waals surface area contributed by atoms with E-state index in [1.54, 1.807) is 6.07 Å². The summed E-state index contributed by atoms with van der Waals surface area (Å²) >= 11 is 6.11. The van der Waals surface area contributed by atoms with E-state index in [2.05, 4.69) is 23.3 Å². The molecule has 1 saturated heterocycles. The van der Waals surface area contributed by atoms with Crippen LogP contribution in [-0.2, 0) is 4.79 Å². The van der Waals surface area contributed by atoms with E-state index in [4.69, 9.17) is 11.6 Å². The molecule has 0 aromatic heterocycles. The number of likely N-dealkylation sites (tertiary alicyclic amines) is 1. The van der Waals surface area contributed by atoms with Crippen molar-refractivity contribution in [1.82, 2.24) is 4.90 Å². The molecule has 1 amide bonds. The SMILES string of the molecule is Cc1c(C=C2CCN(C)CC2)cc(Cl)cc1NC=O. The van der Waals surface area contributed by atoms with Gasteiger partial charge < -0.3 is 10.2 Å². The van der Waals surface area contributed by atoms with Crippen molar-refractivity contribution in [2.45, 2.75) is 19.8 Å². The molecule has 1 aliphatic heterocycles. The molecule has 102 valence electrons. The molecule has 0 atom stereocenters. The average Bonchev–Trinajstić information content (AvgIpc) is 2.38. The van der Waals surface area contributed by atoms with Crippen molar-refractivity contribution in [2.75, 3.05) is 25.5 Å². The Hall–Kier alpha value is -1.32. The Morgan fingerprint density at radius 2 is 2.00 bits per heavy atom. The van der Waals surface area contributed by atoms with Crippen LogP contribution in [0.3, 0.4) is 0 Å². The first-order chi connectivity index (χ1) is 9.10. The number of hydrogen-bond donors (Lipinski definition) is 1. The van der Waals surface area contributed by atoms with Gasteiger partial charge in [0.05, 0.1) is 0 Å². The van der Waals surface area contributed by atoms with E-state index in [9.17, 15) is 4.79 Å². The Bertz CT molecular complexity index is 501. The van der Waals surface area contributed by atoms with Crippen LogP contribution in [0.1, 0.15) is 24.0 Å².